The highest BCUT2D eigenvalue weighted by molar-refractivity contribution is 5.35. The second-order valence-electron chi connectivity index (χ2n) is 11.5. The Bertz CT molecular complexity index is 1030. The van der Waals surface area contributed by atoms with Crippen LogP contribution in [0.2, 0.25) is 0 Å². The first-order valence-corrected chi connectivity index (χ1v) is 12.6. The lowest BCUT2D eigenvalue weighted by atomic mass is 9.47. The third kappa shape index (κ3) is 2.85. The van der Waals surface area contributed by atoms with Gasteiger partial charge >= 0.3 is 0 Å². The summed E-state index contributed by atoms with van der Waals surface area (Å²) in [6.45, 7) is 4.92. The average molecular weight is 433 g/mol. The zero-order valence-electron chi connectivity index (χ0n) is 19.3. The number of allylic oxidation sites excluding steroid dienone is 1. The van der Waals surface area contributed by atoms with Crippen molar-refractivity contribution in [1.29, 1.82) is 0 Å². The fourth-order valence-corrected chi connectivity index (χ4v) is 8.52. The van der Waals surface area contributed by atoms with Crippen molar-refractivity contribution in [3.63, 3.8) is 0 Å². The number of aliphatic hydroxyl groups is 2. The molecule has 170 valence electrons. The van der Waals surface area contributed by atoms with E-state index in [-0.39, 0.29) is 29.0 Å². The van der Waals surface area contributed by atoms with Gasteiger partial charge < -0.3 is 10.2 Å². The Morgan fingerprint density at radius 1 is 1.00 bits per heavy atom. The van der Waals surface area contributed by atoms with Gasteiger partial charge in [0.1, 0.15) is 0 Å². The molecule has 1 aromatic heterocycles. The molecule has 2 N–H and O–H groups in total. The number of rotatable bonds is 2. The fraction of sp³-hybridized carbons (Fsp3) is 0.607. The number of aliphatic hydroxyl groups excluding tert-OH is 2. The molecule has 4 nitrogen and oxygen atoms in total. The van der Waals surface area contributed by atoms with E-state index in [1.54, 1.807) is 0 Å². The summed E-state index contributed by atoms with van der Waals surface area (Å²) in [5.74, 6) is 1.95. The second-order valence-corrected chi connectivity index (χ2v) is 11.5. The molecule has 0 amide bonds. The van der Waals surface area contributed by atoms with E-state index in [2.05, 4.69) is 60.0 Å². The normalized spacial score (nSPS) is 43.2. The van der Waals surface area contributed by atoms with Crippen LogP contribution in [0.4, 0.5) is 0 Å². The summed E-state index contributed by atoms with van der Waals surface area (Å²) in [6, 6.07) is 12.5. The van der Waals surface area contributed by atoms with Crippen molar-refractivity contribution in [3.05, 3.63) is 59.9 Å². The molecule has 1 aromatic carbocycles. The summed E-state index contributed by atoms with van der Waals surface area (Å²) in [6.07, 6.45) is 11.2. The lowest BCUT2D eigenvalue weighted by Crippen LogP contribution is -2.50. The van der Waals surface area contributed by atoms with Gasteiger partial charge in [0.25, 0.3) is 0 Å². The van der Waals surface area contributed by atoms with Crippen LogP contribution in [-0.2, 0) is 0 Å². The van der Waals surface area contributed by atoms with Gasteiger partial charge in [-0.05, 0) is 91.7 Å². The molecule has 8 atom stereocenters. The third-order valence-electron chi connectivity index (χ3n) is 10.1. The summed E-state index contributed by atoms with van der Waals surface area (Å²) < 4.78 is 2.05. The number of para-hydroxylation sites is 1. The second kappa shape index (κ2) is 7.30. The fourth-order valence-electron chi connectivity index (χ4n) is 8.52. The summed E-state index contributed by atoms with van der Waals surface area (Å²) in [7, 11) is 0. The Labute approximate surface area is 191 Å². The number of aromatic nitrogens is 2. The molecular weight excluding hydrogens is 396 g/mol. The Kier molecular flexibility index (Phi) is 4.71. The Morgan fingerprint density at radius 3 is 2.62 bits per heavy atom. The Hall–Kier alpha value is -1.91. The molecule has 3 fully saturated rings. The van der Waals surface area contributed by atoms with Crippen molar-refractivity contribution in [1.82, 2.24) is 9.78 Å². The lowest BCUT2D eigenvalue weighted by Gasteiger charge is -2.57. The standard InChI is InChI=1S/C28H36N2O2/c1-27-13-10-20(31)16-18(27)8-9-21-22(27)11-14-28(2)23(21)17-25(32)26(28)24-12-15-29-30(24)19-6-4-3-5-7-19/h3-8,12,15,20-23,25-26,31-32H,9-11,13-14,16-17H2,1-2H3/t20-,21+,22-,23-,25+,26-,27-,28-/m0/s1. The van der Waals surface area contributed by atoms with E-state index in [0.29, 0.717) is 17.8 Å². The maximum absolute atomic E-state index is 11.5. The molecule has 2 aromatic rings. The van der Waals surface area contributed by atoms with Crippen LogP contribution in [0.5, 0.6) is 0 Å². The number of hydrogen-bond donors (Lipinski definition) is 2. The summed E-state index contributed by atoms with van der Waals surface area (Å²) in [5.41, 5.74) is 4.06. The van der Waals surface area contributed by atoms with Crippen molar-refractivity contribution >= 4 is 0 Å². The van der Waals surface area contributed by atoms with Gasteiger partial charge in [-0.3, -0.25) is 0 Å². The predicted molar refractivity (Wildman–Crippen MR) is 125 cm³/mol. The average Bonchev–Trinajstić information content (AvgIpc) is 3.35. The van der Waals surface area contributed by atoms with E-state index in [9.17, 15) is 10.2 Å². The molecule has 32 heavy (non-hydrogen) atoms. The van der Waals surface area contributed by atoms with E-state index in [1.165, 1.54) is 12.0 Å². The smallest absolute Gasteiger partial charge is 0.0648 e. The zero-order chi connectivity index (χ0) is 22.1. The summed E-state index contributed by atoms with van der Waals surface area (Å²) in [4.78, 5) is 0. The molecule has 4 heteroatoms. The molecule has 4 aliphatic rings. The van der Waals surface area contributed by atoms with Crippen molar-refractivity contribution in [2.75, 3.05) is 0 Å². The van der Waals surface area contributed by atoms with E-state index in [1.807, 2.05) is 12.3 Å². The first kappa shape index (κ1) is 20.7. The van der Waals surface area contributed by atoms with Crippen molar-refractivity contribution < 1.29 is 10.2 Å². The van der Waals surface area contributed by atoms with Crippen LogP contribution in [0.25, 0.3) is 5.69 Å². The molecule has 4 aliphatic carbocycles. The third-order valence-corrected chi connectivity index (χ3v) is 10.1. The minimum atomic E-state index is -0.325. The monoisotopic (exact) mass is 432 g/mol. The predicted octanol–water partition coefficient (Wildman–Crippen LogP) is 5.25. The number of nitrogens with zero attached hydrogens (tertiary/aromatic N) is 2. The lowest BCUT2D eigenvalue weighted by molar-refractivity contribution is -0.0417. The van der Waals surface area contributed by atoms with Crippen LogP contribution in [0, 0.1) is 28.6 Å². The van der Waals surface area contributed by atoms with Gasteiger partial charge in [0, 0.05) is 12.1 Å². The highest BCUT2D eigenvalue weighted by Crippen LogP contribution is 2.68. The largest absolute Gasteiger partial charge is 0.393 e. The van der Waals surface area contributed by atoms with Gasteiger partial charge in [0.05, 0.1) is 23.6 Å². The van der Waals surface area contributed by atoms with Gasteiger partial charge in [0.2, 0.25) is 0 Å². The minimum Gasteiger partial charge on any atom is -0.393 e. The number of benzene rings is 1. The van der Waals surface area contributed by atoms with Gasteiger partial charge in [-0.25, -0.2) is 4.68 Å². The molecule has 0 bridgehead atoms. The molecule has 3 saturated carbocycles. The van der Waals surface area contributed by atoms with E-state index in [4.69, 9.17) is 0 Å². The van der Waals surface area contributed by atoms with Crippen molar-refractivity contribution in [2.24, 2.45) is 28.6 Å². The van der Waals surface area contributed by atoms with Crippen LogP contribution in [0.1, 0.15) is 70.4 Å². The SMILES string of the molecule is C[C@]12CC[C@H]3[C@@H](CC=C4C[C@@H](O)CC[C@@]43C)[C@@H]1C[C@@H](O)[C@@H]2c1ccnn1-c1ccccc1. The van der Waals surface area contributed by atoms with Crippen LogP contribution in [0.15, 0.2) is 54.2 Å². The van der Waals surface area contributed by atoms with Gasteiger partial charge in [-0.1, -0.05) is 43.7 Å². The topological polar surface area (TPSA) is 58.3 Å². The number of hydrogen-bond acceptors (Lipinski definition) is 3. The maximum Gasteiger partial charge on any atom is 0.0648 e. The van der Waals surface area contributed by atoms with Crippen LogP contribution in [-0.4, -0.2) is 32.2 Å². The van der Waals surface area contributed by atoms with E-state index >= 15 is 0 Å². The van der Waals surface area contributed by atoms with Crippen LogP contribution < -0.4 is 0 Å². The van der Waals surface area contributed by atoms with Crippen molar-refractivity contribution in [3.8, 4) is 5.69 Å². The number of fused-ring (bicyclic) bond motifs is 5. The van der Waals surface area contributed by atoms with Crippen molar-refractivity contribution in [2.45, 2.75) is 76.9 Å². The quantitative estimate of drug-likeness (QED) is 0.637. The molecule has 0 saturated heterocycles. The molecule has 0 unspecified atom stereocenters. The highest BCUT2D eigenvalue weighted by atomic mass is 16.3. The molecule has 1 heterocycles. The molecule has 0 radical (unpaired) electrons. The van der Waals surface area contributed by atoms with Crippen LogP contribution >= 0.6 is 0 Å². The van der Waals surface area contributed by atoms with Crippen LogP contribution in [0.3, 0.4) is 0 Å². The van der Waals surface area contributed by atoms with Gasteiger partial charge in [-0.15, -0.1) is 0 Å². The highest BCUT2D eigenvalue weighted by Gasteiger charge is 2.61. The molecule has 0 aliphatic heterocycles. The maximum atomic E-state index is 11.5. The Balaban J connectivity index is 1.36. The molecular formula is C28H36N2O2. The van der Waals surface area contributed by atoms with Gasteiger partial charge in [0.15, 0.2) is 0 Å². The summed E-state index contributed by atoms with van der Waals surface area (Å²) >= 11 is 0. The van der Waals surface area contributed by atoms with Gasteiger partial charge in [-0.2, -0.15) is 5.10 Å². The Morgan fingerprint density at radius 2 is 1.81 bits per heavy atom. The van der Waals surface area contributed by atoms with E-state index in [0.717, 1.165) is 49.9 Å². The van der Waals surface area contributed by atoms with E-state index < -0.39 is 0 Å². The summed E-state index contributed by atoms with van der Waals surface area (Å²) in [5, 5.41) is 26.4. The zero-order valence-corrected chi connectivity index (χ0v) is 19.3. The minimum absolute atomic E-state index is 0.0863. The first-order valence-electron chi connectivity index (χ1n) is 12.6. The first-order chi connectivity index (χ1) is 15.4. The molecule has 6 rings (SSSR count). The molecule has 0 spiro atoms.